The second kappa shape index (κ2) is 7.61. The van der Waals surface area contributed by atoms with Gasteiger partial charge in [0.2, 0.25) is 0 Å². The Morgan fingerprint density at radius 2 is 2.04 bits per heavy atom. The first-order valence-electron chi connectivity index (χ1n) is 8.43. The van der Waals surface area contributed by atoms with Gasteiger partial charge in [-0.3, -0.25) is 9.69 Å². The molecule has 0 atom stereocenters. The maximum Gasteiger partial charge on any atom is 0.270 e. The molecule has 2 aromatic heterocycles. The minimum Gasteiger partial charge on any atom is -0.370 e. The summed E-state index contributed by atoms with van der Waals surface area (Å²) in [5.41, 5.74) is 0.949. The minimum atomic E-state index is 0.0433. The summed E-state index contributed by atoms with van der Waals surface area (Å²) in [6.45, 7) is 5.19. The smallest absolute Gasteiger partial charge is 0.270 e. The van der Waals surface area contributed by atoms with Crippen LogP contribution >= 0.6 is 22.7 Å². The molecule has 1 aliphatic heterocycles. The highest BCUT2D eigenvalue weighted by Gasteiger charge is 2.24. The van der Waals surface area contributed by atoms with Crippen molar-refractivity contribution in [3.63, 3.8) is 0 Å². The van der Waals surface area contributed by atoms with E-state index in [0.29, 0.717) is 6.54 Å². The molecule has 4 rings (SSSR count). The predicted octanol–water partition coefficient (Wildman–Crippen LogP) is 1.92. The molecule has 130 valence electrons. The van der Waals surface area contributed by atoms with Gasteiger partial charge in [-0.05, 0) is 23.6 Å². The normalized spacial score (nSPS) is 15.5. The van der Waals surface area contributed by atoms with Gasteiger partial charge >= 0.3 is 0 Å². The Labute approximate surface area is 154 Å². The summed E-state index contributed by atoms with van der Waals surface area (Å²) in [7, 11) is 0. The van der Waals surface area contributed by atoms with Crippen molar-refractivity contribution >= 4 is 43.9 Å². The third kappa shape index (κ3) is 3.74. The van der Waals surface area contributed by atoms with E-state index in [-0.39, 0.29) is 5.91 Å². The second-order valence-corrected chi connectivity index (χ2v) is 7.97. The SMILES string of the molecule is O=C(c1cccs1)N(CC[NH+]1CCOCC1)c1nc2ccccc2s1. The maximum atomic E-state index is 13.0. The van der Waals surface area contributed by atoms with Crippen LogP contribution in [0.25, 0.3) is 10.2 Å². The third-order valence-corrected chi connectivity index (χ3v) is 6.30. The van der Waals surface area contributed by atoms with E-state index in [9.17, 15) is 4.79 Å². The molecule has 3 aromatic rings. The summed E-state index contributed by atoms with van der Waals surface area (Å²) in [6, 6.07) is 11.8. The Kier molecular flexibility index (Phi) is 5.07. The van der Waals surface area contributed by atoms with Crippen LogP contribution in [0.15, 0.2) is 41.8 Å². The van der Waals surface area contributed by atoms with Crippen molar-refractivity contribution in [3.05, 3.63) is 46.7 Å². The summed E-state index contributed by atoms with van der Waals surface area (Å²) >= 11 is 3.06. The summed E-state index contributed by atoms with van der Waals surface area (Å²) in [5.74, 6) is 0.0433. The molecule has 1 amide bonds. The summed E-state index contributed by atoms with van der Waals surface area (Å²) < 4.78 is 6.54. The fraction of sp³-hybridized carbons (Fsp3) is 0.333. The number of nitrogens with one attached hydrogen (secondary N) is 1. The monoisotopic (exact) mass is 374 g/mol. The number of thiophene rings is 1. The Hall–Kier alpha value is -1.80. The van der Waals surface area contributed by atoms with Crippen molar-refractivity contribution in [1.29, 1.82) is 0 Å². The predicted molar refractivity (Wildman–Crippen MR) is 102 cm³/mol. The number of amides is 1. The molecule has 0 spiro atoms. The highest BCUT2D eigenvalue weighted by Crippen LogP contribution is 2.29. The molecule has 7 heteroatoms. The Morgan fingerprint density at radius 1 is 1.20 bits per heavy atom. The molecule has 0 radical (unpaired) electrons. The number of hydrogen-bond acceptors (Lipinski definition) is 5. The van der Waals surface area contributed by atoms with Gasteiger partial charge < -0.3 is 9.64 Å². The molecule has 1 aromatic carbocycles. The Bertz CT molecular complexity index is 808. The molecule has 1 saturated heterocycles. The summed E-state index contributed by atoms with van der Waals surface area (Å²) in [5, 5.41) is 2.73. The fourth-order valence-electron chi connectivity index (χ4n) is 2.97. The van der Waals surface area contributed by atoms with Crippen molar-refractivity contribution in [2.45, 2.75) is 0 Å². The van der Waals surface area contributed by atoms with Crippen molar-refractivity contribution in [3.8, 4) is 0 Å². The number of thiazole rings is 1. The average Bonchev–Trinajstić information content (AvgIpc) is 3.32. The van der Waals surface area contributed by atoms with Gasteiger partial charge in [0.05, 0.1) is 41.4 Å². The number of hydrogen-bond donors (Lipinski definition) is 1. The Balaban J connectivity index is 1.59. The van der Waals surface area contributed by atoms with Crippen LogP contribution < -0.4 is 9.80 Å². The number of fused-ring (bicyclic) bond motifs is 1. The van der Waals surface area contributed by atoms with Gasteiger partial charge in [0.1, 0.15) is 13.1 Å². The maximum absolute atomic E-state index is 13.0. The Morgan fingerprint density at radius 3 is 2.80 bits per heavy atom. The number of nitrogens with zero attached hydrogens (tertiary/aromatic N) is 2. The first-order valence-corrected chi connectivity index (χ1v) is 10.1. The summed E-state index contributed by atoms with van der Waals surface area (Å²) in [6.07, 6.45) is 0. The third-order valence-electron chi connectivity index (χ3n) is 4.38. The lowest BCUT2D eigenvalue weighted by Gasteiger charge is -2.26. The fourth-order valence-corrected chi connectivity index (χ4v) is 4.63. The molecular weight excluding hydrogens is 354 g/mol. The lowest BCUT2D eigenvalue weighted by molar-refractivity contribution is -0.906. The van der Waals surface area contributed by atoms with Crippen LogP contribution in [0.1, 0.15) is 9.67 Å². The van der Waals surface area contributed by atoms with E-state index in [1.807, 2.05) is 40.6 Å². The van der Waals surface area contributed by atoms with Gasteiger partial charge in [-0.25, -0.2) is 4.98 Å². The lowest BCUT2D eigenvalue weighted by atomic mass is 10.3. The van der Waals surface area contributed by atoms with Crippen LogP contribution in [-0.2, 0) is 4.74 Å². The van der Waals surface area contributed by atoms with E-state index >= 15 is 0 Å². The number of para-hydroxylation sites is 1. The highest BCUT2D eigenvalue weighted by atomic mass is 32.1. The number of ether oxygens (including phenoxy) is 1. The average molecular weight is 375 g/mol. The van der Waals surface area contributed by atoms with Gasteiger partial charge in [0.15, 0.2) is 5.13 Å². The number of morpholine rings is 1. The van der Waals surface area contributed by atoms with Gasteiger partial charge in [0, 0.05) is 0 Å². The lowest BCUT2D eigenvalue weighted by Crippen LogP contribution is -3.14. The number of quaternary nitrogens is 1. The molecule has 1 N–H and O–H groups in total. The van der Waals surface area contributed by atoms with Crippen molar-refractivity contribution in [2.24, 2.45) is 0 Å². The van der Waals surface area contributed by atoms with E-state index in [2.05, 4.69) is 6.07 Å². The standard InChI is InChI=1S/C18H19N3O2S2/c22-17(16-6-3-13-24-16)21(8-7-20-9-11-23-12-10-20)18-19-14-4-1-2-5-15(14)25-18/h1-6,13H,7-12H2/p+1. The second-order valence-electron chi connectivity index (χ2n) is 6.01. The van der Waals surface area contributed by atoms with Crippen LogP contribution in [0.2, 0.25) is 0 Å². The zero-order chi connectivity index (χ0) is 17.1. The topological polar surface area (TPSA) is 46.9 Å². The summed E-state index contributed by atoms with van der Waals surface area (Å²) in [4.78, 5) is 21.8. The van der Waals surface area contributed by atoms with E-state index < -0.39 is 0 Å². The largest absolute Gasteiger partial charge is 0.370 e. The van der Waals surface area contributed by atoms with Gasteiger partial charge in [0.25, 0.3) is 5.91 Å². The van der Waals surface area contributed by atoms with Crippen LogP contribution in [-0.4, -0.2) is 50.3 Å². The number of carbonyl (C=O) groups is 1. The number of aromatic nitrogens is 1. The number of rotatable bonds is 5. The zero-order valence-corrected chi connectivity index (χ0v) is 15.4. The number of benzene rings is 1. The molecule has 3 heterocycles. The van der Waals surface area contributed by atoms with E-state index in [1.165, 1.54) is 16.2 Å². The van der Waals surface area contributed by atoms with E-state index in [1.54, 1.807) is 11.3 Å². The van der Waals surface area contributed by atoms with Crippen LogP contribution in [0.3, 0.4) is 0 Å². The minimum absolute atomic E-state index is 0.0433. The number of carbonyl (C=O) groups excluding carboxylic acids is 1. The van der Waals surface area contributed by atoms with Crippen molar-refractivity contribution in [2.75, 3.05) is 44.3 Å². The van der Waals surface area contributed by atoms with Crippen LogP contribution in [0.5, 0.6) is 0 Å². The molecule has 1 fully saturated rings. The van der Waals surface area contributed by atoms with Crippen LogP contribution in [0, 0.1) is 0 Å². The number of anilines is 1. The zero-order valence-electron chi connectivity index (χ0n) is 13.8. The van der Waals surface area contributed by atoms with Crippen molar-refractivity contribution < 1.29 is 14.4 Å². The van der Waals surface area contributed by atoms with Crippen LogP contribution in [0.4, 0.5) is 5.13 Å². The molecule has 0 saturated carbocycles. The molecule has 1 aliphatic rings. The molecule has 0 bridgehead atoms. The van der Waals surface area contributed by atoms with Gasteiger partial charge in [-0.15, -0.1) is 11.3 Å². The first-order chi connectivity index (χ1) is 12.3. The molecule has 5 nitrogen and oxygen atoms in total. The highest BCUT2D eigenvalue weighted by molar-refractivity contribution is 7.22. The molecule has 0 unspecified atom stereocenters. The van der Waals surface area contributed by atoms with Crippen molar-refractivity contribution in [1.82, 2.24) is 4.98 Å². The van der Waals surface area contributed by atoms with E-state index in [4.69, 9.17) is 9.72 Å². The van der Waals surface area contributed by atoms with E-state index in [0.717, 1.165) is 53.1 Å². The molecule has 25 heavy (non-hydrogen) atoms. The first kappa shape index (κ1) is 16.7. The van der Waals surface area contributed by atoms with Gasteiger partial charge in [-0.1, -0.05) is 29.5 Å². The molecular formula is C18H20N3O2S2+. The van der Waals surface area contributed by atoms with Gasteiger partial charge in [-0.2, -0.15) is 0 Å². The molecule has 0 aliphatic carbocycles. The quantitative estimate of drug-likeness (QED) is 0.742.